The van der Waals surface area contributed by atoms with Crippen molar-refractivity contribution < 1.29 is 0 Å². The molecule has 0 saturated heterocycles. The minimum absolute atomic E-state index is 0.359. The van der Waals surface area contributed by atoms with Gasteiger partial charge in [0.05, 0.1) is 6.04 Å². The van der Waals surface area contributed by atoms with Crippen molar-refractivity contribution in [3.8, 4) is 11.1 Å². The zero-order valence-corrected chi connectivity index (χ0v) is 29.6. The van der Waals surface area contributed by atoms with Crippen molar-refractivity contribution in [2.45, 2.75) is 57.9 Å². The van der Waals surface area contributed by atoms with E-state index in [1.54, 1.807) is 0 Å². The zero-order valence-electron chi connectivity index (χ0n) is 29.6. The second-order valence-electron chi connectivity index (χ2n) is 14.8. The number of para-hydroxylation sites is 1. The van der Waals surface area contributed by atoms with E-state index in [-0.39, 0.29) is 0 Å². The van der Waals surface area contributed by atoms with Gasteiger partial charge in [-0.1, -0.05) is 128 Å². The Bertz CT molecular complexity index is 2240. The molecule has 0 N–H and O–H groups in total. The Morgan fingerprint density at radius 3 is 2.08 bits per heavy atom. The van der Waals surface area contributed by atoms with Gasteiger partial charge in [-0.3, -0.25) is 0 Å². The van der Waals surface area contributed by atoms with Crippen molar-refractivity contribution >= 4 is 33.9 Å². The Labute approximate surface area is 303 Å². The van der Waals surface area contributed by atoms with Gasteiger partial charge in [0, 0.05) is 45.2 Å². The van der Waals surface area contributed by atoms with Gasteiger partial charge in [-0.25, -0.2) is 0 Å². The van der Waals surface area contributed by atoms with E-state index in [1.165, 1.54) is 86.3 Å². The van der Waals surface area contributed by atoms with Crippen LogP contribution in [0.5, 0.6) is 0 Å². The van der Waals surface area contributed by atoms with Crippen molar-refractivity contribution in [2.24, 2.45) is 11.8 Å². The molecule has 0 fully saturated rings. The molecular weight excluding hydrogens is 617 g/mol. The van der Waals surface area contributed by atoms with Gasteiger partial charge in [0.25, 0.3) is 0 Å². The van der Waals surface area contributed by atoms with E-state index < -0.39 is 0 Å². The largest absolute Gasteiger partial charge is 0.337 e. The van der Waals surface area contributed by atoms with Crippen LogP contribution < -0.4 is 4.90 Å². The summed E-state index contributed by atoms with van der Waals surface area (Å²) in [5, 5.41) is 1.38. The first-order valence-corrected chi connectivity index (χ1v) is 19.0. The average Bonchev–Trinajstić information content (AvgIpc) is 3.54. The van der Waals surface area contributed by atoms with Gasteiger partial charge in [0.1, 0.15) is 0 Å². The molecule has 0 spiro atoms. The van der Waals surface area contributed by atoms with E-state index in [4.69, 9.17) is 0 Å². The standard InChI is InChI=1S/C49H46N2/c1-35-15-17-37(18-16-35)39-21-29-43(30-22-39)50(42-27-19-38(20-28-42)36-9-3-2-4-10-36)44-31-23-40(24-32-44)41-25-33-45(34-26-41)51-48-13-7-5-11-46(48)47-12-6-8-14-49(47)51/h2-7,9-13,17,19-23,25-33,35,40,45H,8,14-16,18,24,34H2,1H3. The summed E-state index contributed by atoms with van der Waals surface area (Å²) in [7, 11) is 0. The predicted molar refractivity (Wildman–Crippen MR) is 217 cm³/mol. The summed E-state index contributed by atoms with van der Waals surface area (Å²) in [5.41, 5.74) is 14.6. The number of fused-ring (bicyclic) bond motifs is 3. The van der Waals surface area contributed by atoms with Crippen LogP contribution in [-0.4, -0.2) is 4.57 Å². The monoisotopic (exact) mass is 662 g/mol. The van der Waals surface area contributed by atoms with Gasteiger partial charge in [0.2, 0.25) is 0 Å². The minimum atomic E-state index is 0.359. The molecule has 2 heteroatoms. The van der Waals surface area contributed by atoms with Crippen LogP contribution >= 0.6 is 0 Å². The van der Waals surface area contributed by atoms with E-state index >= 15 is 0 Å². The van der Waals surface area contributed by atoms with Crippen LogP contribution in [0.1, 0.15) is 68.3 Å². The zero-order chi connectivity index (χ0) is 34.1. The van der Waals surface area contributed by atoms with Crippen molar-refractivity contribution in [2.75, 3.05) is 4.90 Å². The number of benzene rings is 4. The lowest BCUT2D eigenvalue weighted by atomic mass is 9.87. The highest BCUT2D eigenvalue weighted by Crippen LogP contribution is 2.40. The molecule has 1 heterocycles. The first-order valence-electron chi connectivity index (χ1n) is 19.0. The van der Waals surface area contributed by atoms with Crippen LogP contribution in [0.15, 0.2) is 163 Å². The second-order valence-corrected chi connectivity index (χ2v) is 14.8. The molecule has 0 radical (unpaired) electrons. The van der Waals surface area contributed by atoms with Crippen LogP contribution in [0.25, 0.3) is 33.7 Å². The number of rotatable bonds is 7. The first kappa shape index (κ1) is 31.6. The summed E-state index contributed by atoms with van der Waals surface area (Å²) >= 11 is 0. The van der Waals surface area contributed by atoms with Gasteiger partial charge in [0.15, 0.2) is 0 Å². The molecule has 51 heavy (non-hydrogen) atoms. The minimum Gasteiger partial charge on any atom is -0.337 e. The van der Waals surface area contributed by atoms with Crippen LogP contribution in [0.4, 0.5) is 11.4 Å². The first-order chi connectivity index (χ1) is 25.2. The average molecular weight is 663 g/mol. The number of anilines is 2. The highest BCUT2D eigenvalue weighted by atomic mass is 15.1. The molecule has 252 valence electrons. The fraction of sp³-hybridized carbons (Fsp3) is 0.224. The molecule has 4 aliphatic carbocycles. The molecule has 1 aromatic heterocycles. The molecule has 5 aromatic rings. The van der Waals surface area contributed by atoms with Gasteiger partial charge in [-0.15, -0.1) is 0 Å². The number of nitrogens with zero attached hydrogens (tertiary/aromatic N) is 2. The number of aromatic nitrogens is 1. The smallest absolute Gasteiger partial charge is 0.0557 e. The highest BCUT2D eigenvalue weighted by Gasteiger charge is 2.24. The van der Waals surface area contributed by atoms with Gasteiger partial charge < -0.3 is 9.47 Å². The third-order valence-corrected chi connectivity index (χ3v) is 11.5. The molecule has 0 amide bonds. The van der Waals surface area contributed by atoms with Crippen LogP contribution in [0.3, 0.4) is 0 Å². The predicted octanol–water partition coefficient (Wildman–Crippen LogP) is 13.2. The molecule has 0 bridgehead atoms. The molecule has 2 nitrogen and oxygen atoms in total. The van der Waals surface area contributed by atoms with Crippen molar-refractivity contribution in [1.29, 1.82) is 0 Å². The summed E-state index contributed by atoms with van der Waals surface area (Å²) < 4.78 is 2.62. The van der Waals surface area contributed by atoms with Gasteiger partial charge in [-0.2, -0.15) is 0 Å². The van der Waals surface area contributed by atoms with E-state index in [1.807, 2.05) is 0 Å². The molecule has 3 unspecified atom stereocenters. The lowest BCUT2D eigenvalue weighted by Crippen LogP contribution is -2.18. The quantitative estimate of drug-likeness (QED) is 0.168. The topological polar surface area (TPSA) is 8.17 Å². The van der Waals surface area contributed by atoms with Gasteiger partial charge >= 0.3 is 0 Å². The molecule has 0 saturated carbocycles. The maximum atomic E-state index is 2.62. The number of hydrogen-bond donors (Lipinski definition) is 0. The fourth-order valence-corrected chi connectivity index (χ4v) is 8.63. The van der Waals surface area contributed by atoms with Crippen LogP contribution in [-0.2, 0) is 6.42 Å². The highest BCUT2D eigenvalue weighted by molar-refractivity contribution is 5.92. The summed E-state index contributed by atoms with van der Waals surface area (Å²) in [5.74, 6) is 1.18. The van der Waals surface area contributed by atoms with Crippen molar-refractivity contribution in [3.05, 3.63) is 180 Å². The molecule has 0 aliphatic heterocycles. The molecule has 4 aromatic carbocycles. The fourth-order valence-electron chi connectivity index (χ4n) is 8.63. The van der Waals surface area contributed by atoms with E-state index in [9.17, 15) is 0 Å². The molecule has 9 rings (SSSR count). The molecule has 4 aliphatic rings. The molecular formula is C49H46N2. The van der Waals surface area contributed by atoms with E-state index in [0.717, 1.165) is 31.6 Å². The lowest BCUT2D eigenvalue weighted by molar-refractivity contribution is 0.534. The van der Waals surface area contributed by atoms with Crippen molar-refractivity contribution in [1.82, 2.24) is 4.57 Å². The van der Waals surface area contributed by atoms with E-state index in [2.05, 4.69) is 174 Å². The third-order valence-electron chi connectivity index (χ3n) is 11.5. The molecule has 3 atom stereocenters. The van der Waals surface area contributed by atoms with E-state index in [0.29, 0.717) is 12.0 Å². The maximum Gasteiger partial charge on any atom is 0.0557 e. The van der Waals surface area contributed by atoms with Crippen LogP contribution in [0, 0.1) is 11.8 Å². The Kier molecular flexibility index (Phi) is 8.53. The number of hydrogen-bond acceptors (Lipinski definition) is 1. The Hall–Kier alpha value is -5.34. The summed E-state index contributed by atoms with van der Waals surface area (Å²) in [6, 6.07) is 38.3. The lowest BCUT2D eigenvalue weighted by Gasteiger charge is -2.30. The Balaban J connectivity index is 0.969. The van der Waals surface area contributed by atoms with Crippen LogP contribution in [0.2, 0.25) is 0 Å². The summed E-state index contributed by atoms with van der Waals surface area (Å²) in [4.78, 5) is 2.43. The number of allylic oxidation sites excluding steroid dienone is 10. The Morgan fingerprint density at radius 1 is 0.627 bits per heavy atom. The van der Waals surface area contributed by atoms with Gasteiger partial charge in [-0.05, 0) is 115 Å². The third kappa shape index (κ3) is 6.18. The maximum absolute atomic E-state index is 2.62. The normalized spacial score (nSPS) is 21.2. The Morgan fingerprint density at radius 2 is 1.37 bits per heavy atom. The SMILES string of the molecule is CC1CC=C(c2ccc(N(C3=CCC(C4=CCC(n5c6c(c7ccccc75)C=CCC6)C=C4)C=C3)c3ccc(-c4ccccc4)cc3)cc2)CC1. The summed E-state index contributed by atoms with van der Waals surface area (Å²) in [6.07, 6.45) is 29.6. The summed E-state index contributed by atoms with van der Waals surface area (Å²) in [6.45, 7) is 2.36. The second kappa shape index (κ2) is 13.8. The van der Waals surface area contributed by atoms with Crippen molar-refractivity contribution in [3.63, 3.8) is 0 Å².